The molecule has 1 aliphatic heterocycles. The number of unbranched alkanes of at least 4 members (excludes halogenated alkanes) is 2. The number of aryl methyl sites for hydroxylation is 1. The van der Waals surface area contributed by atoms with Gasteiger partial charge in [-0.3, -0.25) is 9.69 Å². The second kappa shape index (κ2) is 8.22. The molecule has 1 atom stereocenters. The summed E-state index contributed by atoms with van der Waals surface area (Å²) in [6.45, 7) is -0.0400. The van der Waals surface area contributed by atoms with E-state index in [1.807, 2.05) is 0 Å². The molecular formula is C17H20F3NO4. The first-order valence-electron chi connectivity index (χ1n) is 8.13. The van der Waals surface area contributed by atoms with Gasteiger partial charge in [-0.25, -0.2) is 4.79 Å². The van der Waals surface area contributed by atoms with Crippen molar-refractivity contribution in [2.75, 3.05) is 11.5 Å². The van der Waals surface area contributed by atoms with Crippen LogP contribution in [0.25, 0.3) is 0 Å². The molecule has 0 aliphatic carbocycles. The smallest absolute Gasteiger partial charge is 0.414 e. The summed E-state index contributed by atoms with van der Waals surface area (Å²) in [7, 11) is 0. The third-order valence-electron chi connectivity index (χ3n) is 4.08. The van der Waals surface area contributed by atoms with Gasteiger partial charge in [-0.15, -0.1) is 0 Å². The van der Waals surface area contributed by atoms with Crippen molar-refractivity contribution in [1.82, 2.24) is 0 Å². The van der Waals surface area contributed by atoms with Crippen molar-refractivity contribution < 1.29 is 32.6 Å². The van der Waals surface area contributed by atoms with Gasteiger partial charge in [0.15, 0.2) is 0 Å². The summed E-state index contributed by atoms with van der Waals surface area (Å²) in [4.78, 5) is 23.4. The number of alkyl halides is 3. The maximum Gasteiger partial charge on any atom is 0.414 e. The number of hydrogen-bond donors (Lipinski definition) is 1. The summed E-state index contributed by atoms with van der Waals surface area (Å²) in [6, 6.07) is 4.60. The Labute approximate surface area is 143 Å². The van der Waals surface area contributed by atoms with Gasteiger partial charge >= 0.3 is 18.2 Å². The first-order valence-corrected chi connectivity index (χ1v) is 8.13. The van der Waals surface area contributed by atoms with Gasteiger partial charge in [-0.05, 0) is 43.7 Å². The lowest BCUT2D eigenvalue weighted by Gasteiger charge is -2.37. The van der Waals surface area contributed by atoms with E-state index < -0.39 is 24.3 Å². The number of ether oxygens (including phenoxy) is 1. The zero-order valence-corrected chi connectivity index (χ0v) is 13.6. The molecule has 1 unspecified atom stereocenters. The minimum Gasteiger partial charge on any atom is -0.481 e. The Kier molecular flexibility index (Phi) is 6.27. The molecule has 2 rings (SSSR count). The first-order chi connectivity index (χ1) is 11.8. The molecule has 1 amide bonds. The molecular weight excluding hydrogens is 339 g/mol. The highest BCUT2D eigenvalue weighted by molar-refractivity contribution is 5.90. The predicted molar refractivity (Wildman–Crippen MR) is 84.5 cm³/mol. The molecule has 1 aliphatic rings. The zero-order valence-electron chi connectivity index (χ0n) is 13.6. The number of aliphatic carboxylic acids is 1. The van der Waals surface area contributed by atoms with Gasteiger partial charge < -0.3 is 9.84 Å². The Morgan fingerprint density at radius 3 is 2.60 bits per heavy atom. The van der Waals surface area contributed by atoms with Crippen molar-refractivity contribution in [3.05, 3.63) is 29.8 Å². The predicted octanol–water partition coefficient (Wildman–Crippen LogP) is 4.15. The third kappa shape index (κ3) is 5.11. The summed E-state index contributed by atoms with van der Waals surface area (Å²) in [5, 5.41) is 8.53. The number of carbonyl (C=O) groups is 2. The van der Waals surface area contributed by atoms with Crippen LogP contribution in [0.15, 0.2) is 24.3 Å². The number of amides is 1. The number of para-hydroxylation sites is 1. The number of halogens is 3. The average Bonchev–Trinajstić information content (AvgIpc) is 2.55. The van der Waals surface area contributed by atoms with Crippen LogP contribution in [0.2, 0.25) is 0 Å². The second-order valence-electron chi connectivity index (χ2n) is 5.91. The maximum absolute atomic E-state index is 13.3. The second-order valence-corrected chi connectivity index (χ2v) is 5.91. The Morgan fingerprint density at radius 1 is 1.20 bits per heavy atom. The molecule has 0 saturated heterocycles. The van der Waals surface area contributed by atoms with Crippen molar-refractivity contribution in [2.45, 2.75) is 50.7 Å². The maximum atomic E-state index is 13.3. The fraction of sp³-hybridized carbons (Fsp3) is 0.529. The Balaban J connectivity index is 2.00. The van der Waals surface area contributed by atoms with Crippen molar-refractivity contribution >= 4 is 17.7 Å². The number of hydrogen-bond acceptors (Lipinski definition) is 3. The highest BCUT2D eigenvalue weighted by Crippen LogP contribution is 2.38. The van der Waals surface area contributed by atoms with Crippen LogP contribution in [0, 0.1) is 0 Å². The number of benzene rings is 1. The van der Waals surface area contributed by atoms with Crippen molar-refractivity contribution in [3.8, 4) is 0 Å². The van der Waals surface area contributed by atoms with Crippen molar-refractivity contribution in [1.29, 1.82) is 0 Å². The lowest BCUT2D eigenvalue weighted by molar-refractivity contribution is -0.150. The molecule has 25 heavy (non-hydrogen) atoms. The molecule has 8 heteroatoms. The van der Waals surface area contributed by atoms with Crippen LogP contribution in [0.1, 0.15) is 37.7 Å². The van der Waals surface area contributed by atoms with E-state index in [-0.39, 0.29) is 31.6 Å². The van der Waals surface area contributed by atoms with Gasteiger partial charge in [0.05, 0.1) is 12.3 Å². The molecule has 1 N–H and O–H groups in total. The molecule has 0 aromatic heterocycles. The highest BCUT2D eigenvalue weighted by atomic mass is 19.4. The Bertz CT molecular complexity index is 618. The van der Waals surface area contributed by atoms with Crippen molar-refractivity contribution in [2.24, 2.45) is 0 Å². The Morgan fingerprint density at radius 2 is 1.92 bits per heavy atom. The number of carboxylic acid groups (broad SMARTS) is 1. The number of rotatable bonds is 6. The molecule has 138 valence electrons. The summed E-state index contributed by atoms with van der Waals surface area (Å²) in [6.07, 6.45) is -4.12. The van der Waals surface area contributed by atoms with E-state index in [0.29, 0.717) is 29.7 Å². The molecule has 0 bridgehead atoms. The average molecular weight is 359 g/mol. The van der Waals surface area contributed by atoms with Gasteiger partial charge in [-0.2, -0.15) is 13.2 Å². The minimum absolute atomic E-state index is 0.0175. The van der Waals surface area contributed by atoms with Crippen LogP contribution in [0.3, 0.4) is 0 Å². The standard InChI is InChI=1S/C17H20F3NO4/c18-17(19,20)14-10-9-12-6-3-4-7-13(12)21(14)16(24)25-11-5-1-2-8-15(22)23/h3-4,6-7,14H,1-2,5,8-11H2,(H,22,23). The fourth-order valence-corrected chi connectivity index (χ4v) is 2.87. The molecule has 0 fully saturated rings. The normalized spacial score (nSPS) is 17.1. The zero-order chi connectivity index (χ0) is 18.4. The lowest BCUT2D eigenvalue weighted by Crippen LogP contribution is -2.51. The number of anilines is 1. The monoisotopic (exact) mass is 359 g/mol. The molecule has 1 aromatic rings. The van der Waals surface area contributed by atoms with E-state index in [9.17, 15) is 22.8 Å². The van der Waals surface area contributed by atoms with Gasteiger partial charge in [0.25, 0.3) is 0 Å². The topological polar surface area (TPSA) is 66.8 Å². The van der Waals surface area contributed by atoms with Crippen LogP contribution >= 0.6 is 0 Å². The number of fused-ring (bicyclic) bond motifs is 1. The largest absolute Gasteiger partial charge is 0.481 e. The summed E-state index contributed by atoms with van der Waals surface area (Å²) in [5.41, 5.74) is 0.911. The van der Waals surface area contributed by atoms with Crippen LogP contribution in [0.5, 0.6) is 0 Å². The minimum atomic E-state index is -4.53. The van der Waals surface area contributed by atoms with Crippen LogP contribution in [-0.4, -0.2) is 36.0 Å². The van der Waals surface area contributed by atoms with Gasteiger partial charge in [-0.1, -0.05) is 18.2 Å². The van der Waals surface area contributed by atoms with Crippen LogP contribution in [-0.2, 0) is 16.0 Å². The summed E-state index contributed by atoms with van der Waals surface area (Å²) < 4.78 is 44.9. The van der Waals surface area contributed by atoms with Crippen LogP contribution in [0.4, 0.5) is 23.7 Å². The van der Waals surface area contributed by atoms with E-state index >= 15 is 0 Å². The third-order valence-corrected chi connectivity index (χ3v) is 4.08. The SMILES string of the molecule is O=C(O)CCCCCOC(=O)N1c2ccccc2CCC1C(F)(F)F. The molecule has 1 heterocycles. The van der Waals surface area contributed by atoms with Gasteiger partial charge in [0, 0.05) is 6.42 Å². The quantitative estimate of drug-likeness (QED) is 0.775. The highest BCUT2D eigenvalue weighted by Gasteiger charge is 2.48. The van der Waals surface area contributed by atoms with Crippen LogP contribution < -0.4 is 4.90 Å². The van der Waals surface area contributed by atoms with Gasteiger partial charge in [0.2, 0.25) is 0 Å². The van der Waals surface area contributed by atoms with E-state index in [0.717, 1.165) is 0 Å². The van der Waals surface area contributed by atoms with Crippen molar-refractivity contribution in [3.63, 3.8) is 0 Å². The fourth-order valence-electron chi connectivity index (χ4n) is 2.87. The molecule has 0 saturated carbocycles. The van der Waals surface area contributed by atoms with E-state index in [2.05, 4.69) is 0 Å². The molecule has 0 radical (unpaired) electrons. The van der Waals surface area contributed by atoms with Gasteiger partial charge in [0.1, 0.15) is 6.04 Å². The Hall–Kier alpha value is -2.25. The number of carboxylic acids is 1. The molecule has 5 nitrogen and oxygen atoms in total. The summed E-state index contributed by atoms with van der Waals surface area (Å²) >= 11 is 0. The lowest BCUT2D eigenvalue weighted by atomic mass is 9.96. The first kappa shape index (κ1) is 19.1. The van der Waals surface area contributed by atoms with E-state index in [1.54, 1.807) is 18.2 Å². The summed E-state index contributed by atoms with van der Waals surface area (Å²) in [5.74, 6) is -0.907. The number of carbonyl (C=O) groups excluding carboxylic acids is 1. The van der Waals surface area contributed by atoms with E-state index in [4.69, 9.17) is 9.84 Å². The number of nitrogens with zero attached hydrogens (tertiary/aromatic N) is 1. The molecule has 0 spiro atoms. The van der Waals surface area contributed by atoms with E-state index in [1.165, 1.54) is 6.07 Å². The molecule has 1 aromatic carbocycles.